The Labute approximate surface area is 142 Å². The van der Waals surface area contributed by atoms with Crippen molar-refractivity contribution in [1.82, 2.24) is 4.57 Å². The summed E-state index contributed by atoms with van der Waals surface area (Å²) in [6.45, 7) is 1.51. The van der Waals surface area contributed by atoms with E-state index in [0.717, 1.165) is 36.4 Å². The Bertz CT molecular complexity index is 867. The van der Waals surface area contributed by atoms with E-state index < -0.39 is 11.7 Å². The van der Waals surface area contributed by atoms with Crippen LogP contribution in [0.1, 0.15) is 41.0 Å². The van der Waals surface area contributed by atoms with Crippen LogP contribution in [0.2, 0.25) is 0 Å². The zero-order chi connectivity index (χ0) is 18.2. The van der Waals surface area contributed by atoms with E-state index in [1.165, 1.54) is 23.6 Å². The second kappa shape index (κ2) is 6.38. The van der Waals surface area contributed by atoms with Gasteiger partial charge in [0.15, 0.2) is 0 Å². The maximum atomic E-state index is 13.0. The Morgan fingerprint density at radius 3 is 2.60 bits per heavy atom. The fraction of sp³-hybridized carbons (Fsp3) is 0.333. The third kappa shape index (κ3) is 3.75. The normalized spacial score (nSPS) is 14.4. The van der Waals surface area contributed by atoms with Gasteiger partial charge in [0.05, 0.1) is 11.9 Å². The molecule has 0 saturated heterocycles. The van der Waals surface area contributed by atoms with E-state index in [4.69, 9.17) is 15.6 Å². The molecule has 0 atom stereocenters. The molecule has 1 aromatic heterocycles. The van der Waals surface area contributed by atoms with Crippen molar-refractivity contribution < 1.29 is 17.9 Å². The minimum absolute atomic E-state index is 0.0942. The van der Waals surface area contributed by atoms with Crippen LogP contribution in [0.15, 0.2) is 30.5 Å². The zero-order valence-corrected chi connectivity index (χ0v) is 13.7. The summed E-state index contributed by atoms with van der Waals surface area (Å²) in [5, 5.41) is 15.2. The SMILES string of the molecule is Cc1ccc(OCc2cc(=N)n(C=N)cc2C2CC2)cc1C(F)(F)F. The molecule has 1 saturated carbocycles. The van der Waals surface area contributed by atoms with Gasteiger partial charge in [-0.1, -0.05) is 6.07 Å². The molecule has 4 nitrogen and oxygen atoms in total. The number of ether oxygens (including phenoxy) is 1. The van der Waals surface area contributed by atoms with Crippen LogP contribution in [0.4, 0.5) is 13.2 Å². The number of aromatic nitrogens is 1. The van der Waals surface area contributed by atoms with E-state index in [1.54, 1.807) is 12.3 Å². The number of halogens is 3. The minimum Gasteiger partial charge on any atom is -0.489 e. The van der Waals surface area contributed by atoms with Gasteiger partial charge >= 0.3 is 6.18 Å². The van der Waals surface area contributed by atoms with Crippen LogP contribution >= 0.6 is 0 Å². The molecule has 0 unspecified atom stereocenters. The molecule has 3 rings (SSSR count). The van der Waals surface area contributed by atoms with Crippen molar-refractivity contribution in [3.05, 3.63) is 58.2 Å². The summed E-state index contributed by atoms with van der Waals surface area (Å²) < 4.78 is 46.0. The molecule has 0 spiro atoms. The van der Waals surface area contributed by atoms with Crippen molar-refractivity contribution in [2.75, 3.05) is 0 Å². The van der Waals surface area contributed by atoms with Crippen LogP contribution in [0.25, 0.3) is 0 Å². The summed E-state index contributed by atoms with van der Waals surface area (Å²) in [7, 11) is 0. The molecule has 1 aliphatic carbocycles. The molecule has 0 amide bonds. The zero-order valence-electron chi connectivity index (χ0n) is 13.7. The fourth-order valence-corrected chi connectivity index (χ4v) is 2.78. The second-order valence-electron chi connectivity index (χ2n) is 6.21. The Balaban J connectivity index is 1.86. The van der Waals surface area contributed by atoms with Crippen LogP contribution < -0.4 is 10.2 Å². The largest absolute Gasteiger partial charge is 0.489 e. The number of hydrogen-bond donors (Lipinski definition) is 2. The topological polar surface area (TPSA) is 61.9 Å². The first-order chi connectivity index (χ1) is 11.8. The van der Waals surface area contributed by atoms with E-state index in [0.29, 0.717) is 5.92 Å². The monoisotopic (exact) mass is 349 g/mol. The van der Waals surface area contributed by atoms with Crippen molar-refractivity contribution >= 4 is 6.34 Å². The molecule has 25 heavy (non-hydrogen) atoms. The van der Waals surface area contributed by atoms with Gasteiger partial charge in [-0.05, 0) is 60.6 Å². The van der Waals surface area contributed by atoms with Gasteiger partial charge in [-0.2, -0.15) is 13.2 Å². The van der Waals surface area contributed by atoms with Crippen LogP contribution in [-0.4, -0.2) is 10.9 Å². The van der Waals surface area contributed by atoms with Crippen LogP contribution in [0, 0.1) is 17.7 Å². The molecule has 2 aromatic rings. The lowest BCUT2D eigenvalue weighted by molar-refractivity contribution is -0.138. The average molecular weight is 349 g/mol. The molecule has 1 heterocycles. The highest BCUT2D eigenvalue weighted by atomic mass is 19.4. The molecule has 7 heteroatoms. The first kappa shape index (κ1) is 17.3. The van der Waals surface area contributed by atoms with Gasteiger partial charge in [0.2, 0.25) is 0 Å². The molecule has 1 fully saturated rings. The number of hydrogen-bond acceptors (Lipinski definition) is 3. The van der Waals surface area contributed by atoms with E-state index >= 15 is 0 Å². The smallest absolute Gasteiger partial charge is 0.416 e. The van der Waals surface area contributed by atoms with Crippen molar-refractivity contribution in [1.29, 1.82) is 10.8 Å². The van der Waals surface area contributed by atoms with Gasteiger partial charge in [-0.15, -0.1) is 0 Å². The number of benzene rings is 1. The van der Waals surface area contributed by atoms with E-state index in [9.17, 15) is 13.2 Å². The lowest BCUT2D eigenvalue weighted by atomic mass is 10.1. The Morgan fingerprint density at radius 2 is 2.00 bits per heavy atom. The summed E-state index contributed by atoms with van der Waals surface area (Å²) in [6.07, 6.45) is 0.450. The molecule has 132 valence electrons. The summed E-state index contributed by atoms with van der Waals surface area (Å²) in [4.78, 5) is 0. The molecular weight excluding hydrogens is 331 g/mol. The van der Waals surface area contributed by atoms with Gasteiger partial charge in [-0.25, -0.2) is 0 Å². The number of nitrogens with one attached hydrogen (secondary N) is 2. The molecule has 0 aliphatic heterocycles. The standard InChI is InChI=1S/C18H18F3N3O/c1-11-2-5-14(7-16(11)18(19,20)21)25-9-13-6-17(23)24(10-22)8-15(13)12-3-4-12/h2,5-8,10,12,22-23H,3-4,9H2,1H3. The number of alkyl halides is 3. The molecular formula is C18H18F3N3O. The molecule has 0 bridgehead atoms. The summed E-state index contributed by atoms with van der Waals surface area (Å²) >= 11 is 0. The van der Waals surface area contributed by atoms with Crippen LogP contribution in [0.5, 0.6) is 5.75 Å². The number of aryl methyl sites for hydroxylation is 1. The van der Waals surface area contributed by atoms with Crippen molar-refractivity contribution in [3.8, 4) is 5.75 Å². The highest BCUT2D eigenvalue weighted by Crippen LogP contribution is 2.41. The maximum absolute atomic E-state index is 13.0. The molecule has 2 N–H and O–H groups in total. The highest BCUT2D eigenvalue weighted by molar-refractivity contribution is 5.55. The first-order valence-corrected chi connectivity index (χ1v) is 7.90. The average Bonchev–Trinajstić information content (AvgIpc) is 3.38. The summed E-state index contributed by atoms with van der Waals surface area (Å²) in [5.41, 5.74) is 1.35. The number of nitrogens with zero attached hydrogens (tertiary/aromatic N) is 1. The Kier molecular flexibility index (Phi) is 4.41. The summed E-state index contributed by atoms with van der Waals surface area (Å²) in [5.74, 6) is 0.518. The van der Waals surface area contributed by atoms with Gasteiger partial charge in [0, 0.05) is 6.20 Å². The first-order valence-electron chi connectivity index (χ1n) is 7.90. The van der Waals surface area contributed by atoms with Crippen LogP contribution in [-0.2, 0) is 12.8 Å². The third-order valence-electron chi connectivity index (χ3n) is 4.30. The third-order valence-corrected chi connectivity index (χ3v) is 4.30. The van der Waals surface area contributed by atoms with Gasteiger partial charge in [0.25, 0.3) is 0 Å². The lowest BCUT2D eigenvalue weighted by Crippen LogP contribution is -2.21. The predicted octanol–water partition coefficient (Wildman–Crippen LogP) is 4.21. The second-order valence-corrected chi connectivity index (χ2v) is 6.21. The molecule has 1 aliphatic rings. The Hall–Kier alpha value is -2.57. The van der Waals surface area contributed by atoms with E-state index in [-0.39, 0.29) is 23.4 Å². The Morgan fingerprint density at radius 1 is 1.28 bits per heavy atom. The van der Waals surface area contributed by atoms with Gasteiger partial charge < -0.3 is 4.74 Å². The van der Waals surface area contributed by atoms with Crippen LogP contribution in [0.3, 0.4) is 0 Å². The van der Waals surface area contributed by atoms with E-state index in [2.05, 4.69) is 0 Å². The van der Waals surface area contributed by atoms with Gasteiger partial charge in [0.1, 0.15) is 17.8 Å². The van der Waals surface area contributed by atoms with E-state index in [1.807, 2.05) is 0 Å². The maximum Gasteiger partial charge on any atom is 0.416 e. The number of rotatable bonds is 5. The molecule has 0 radical (unpaired) electrons. The fourth-order valence-electron chi connectivity index (χ4n) is 2.78. The van der Waals surface area contributed by atoms with Gasteiger partial charge in [-0.3, -0.25) is 15.4 Å². The predicted molar refractivity (Wildman–Crippen MR) is 87.0 cm³/mol. The van der Waals surface area contributed by atoms with Crippen molar-refractivity contribution in [2.24, 2.45) is 0 Å². The molecule has 1 aromatic carbocycles. The lowest BCUT2D eigenvalue weighted by Gasteiger charge is -2.15. The quantitative estimate of drug-likeness (QED) is 0.617. The van der Waals surface area contributed by atoms with Crippen molar-refractivity contribution in [2.45, 2.75) is 38.5 Å². The minimum atomic E-state index is -4.42. The number of pyridine rings is 1. The van der Waals surface area contributed by atoms with Crippen molar-refractivity contribution in [3.63, 3.8) is 0 Å². The highest BCUT2D eigenvalue weighted by Gasteiger charge is 2.32. The summed E-state index contributed by atoms with van der Waals surface area (Å²) in [6, 6.07) is 5.53.